The van der Waals surface area contributed by atoms with E-state index in [2.05, 4.69) is 26.5 Å². The molecule has 1 atom stereocenters. The zero-order chi connectivity index (χ0) is 17.9. The summed E-state index contributed by atoms with van der Waals surface area (Å²) in [6, 6.07) is 17.8. The maximum Gasteiger partial charge on any atom is 0.118 e. The van der Waals surface area contributed by atoms with Crippen LogP contribution in [0.25, 0.3) is 21.5 Å². The highest BCUT2D eigenvalue weighted by Gasteiger charge is 2.18. The third kappa shape index (κ3) is 3.16. The first-order chi connectivity index (χ1) is 12.8. The summed E-state index contributed by atoms with van der Waals surface area (Å²) in [5, 5.41) is 0. The van der Waals surface area contributed by atoms with Crippen LogP contribution in [0, 0.1) is 0 Å². The molecule has 0 bridgehead atoms. The van der Waals surface area contributed by atoms with E-state index < -0.39 is 0 Å². The molecule has 2 aromatic heterocycles. The van der Waals surface area contributed by atoms with E-state index in [4.69, 9.17) is 10.5 Å². The van der Waals surface area contributed by atoms with Gasteiger partial charge in [0.15, 0.2) is 0 Å². The van der Waals surface area contributed by atoms with Crippen LogP contribution in [-0.4, -0.2) is 21.5 Å². The summed E-state index contributed by atoms with van der Waals surface area (Å²) in [7, 11) is 1.65. The Bertz CT molecular complexity index is 1020. The van der Waals surface area contributed by atoms with Gasteiger partial charge in [-0.2, -0.15) is 4.37 Å². The van der Waals surface area contributed by atoms with E-state index in [0.29, 0.717) is 0 Å². The normalized spacial score (nSPS) is 12.2. The van der Waals surface area contributed by atoms with Crippen LogP contribution in [0.1, 0.15) is 17.3 Å². The molecule has 2 N–H and O–H groups in total. The fourth-order valence-electron chi connectivity index (χ4n) is 2.95. The van der Waals surface area contributed by atoms with Crippen molar-refractivity contribution in [3.05, 3.63) is 72.2 Å². The number of hydrogen-bond acceptors (Lipinski definition) is 6. The van der Waals surface area contributed by atoms with E-state index in [1.807, 2.05) is 42.5 Å². The van der Waals surface area contributed by atoms with E-state index in [1.54, 1.807) is 13.4 Å². The van der Waals surface area contributed by atoms with E-state index in [0.717, 1.165) is 39.3 Å². The molecule has 1 unspecified atom stereocenters. The lowest BCUT2D eigenvalue weighted by atomic mass is 10.0. The van der Waals surface area contributed by atoms with Crippen molar-refractivity contribution in [3.8, 4) is 17.0 Å². The fourth-order valence-corrected chi connectivity index (χ4v) is 3.86. The molecule has 0 aliphatic heterocycles. The van der Waals surface area contributed by atoms with Crippen molar-refractivity contribution in [2.24, 2.45) is 5.73 Å². The minimum absolute atomic E-state index is 0.202. The van der Waals surface area contributed by atoms with Crippen molar-refractivity contribution in [2.45, 2.75) is 12.5 Å². The van der Waals surface area contributed by atoms with Gasteiger partial charge >= 0.3 is 0 Å². The number of fused-ring (bicyclic) bond motifs is 1. The molecule has 130 valence electrons. The average Bonchev–Trinajstić information content (AvgIpc) is 3.13. The molecule has 0 radical (unpaired) electrons. The molecule has 0 amide bonds. The third-order valence-corrected chi connectivity index (χ3v) is 5.16. The van der Waals surface area contributed by atoms with Gasteiger partial charge in [0.05, 0.1) is 23.5 Å². The van der Waals surface area contributed by atoms with Gasteiger partial charge in [0.1, 0.15) is 23.3 Å². The largest absolute Gasteiger partial charge is 0.497 e. The van der Waals surface area contributed by atoms with Gasteiger partial charge in [0.2, 0.25) is 0 Å². The van der Waals surface area contributed by atoms with Gasteiger partial charge in [-0.3, -0.25) is 0 Å². The Morgan fingerprint density at radius 1 is 1.04 bits per heavy atom. The van der Waals surface area contributed by atoms with Crippen molar-refractivity contribution in [1.29, 1.82) is 0 Å². The van der Waals surface area contributed by atoms with Gasteiger partial charge in [0, 0.05) is 5.56 Å². The van der Waals surface area contributed by atoms with Crippen molar-refractivity contribution in [3.63, 3.8) is 0 Å². The van der Waals surface area contributed by atoms with Gasteiger partial charge in [-0.15, -0.1) is 0 Å². The summed E-state index contributed by atoms with van der Waals surface area (Å²) in [6.07, 6.45) is 2.30. The number of nitrogens with two attached hydrogens (primary N) is 1. The van der Waals surface area contributed by atoms with E-state index in [-0.39, 0.29) is 6.04 Å². The summed E-state index contributed by atoms with van der Waals surface area (Å²) in [6.45, 7) is 0. The second-order valence-electron chi connectivity index (χ2n) is 5.99. The van der Waals surface area contributed by atoms with Gasteiger partial charge in [0.25, 0.3) is 0 Å². The summed E-state index contributed by atoms with van der Waals surface area (Å²) < 4.78 is 10.8. The first kappa shape index (κ1) is 16.6. The van der Waals surface area contributed by atoms with Crippen molar-refractivity contribution < 1.29 is 4.74 Å². The van der Waals surface area contributed by atoms with Crippen LogP contribution in [0.5, 0.6) is 5.75 Å². The van der Waals surface area contributed by atoms with Crippen molar-refractivity contribution >= 4 is 21.7 Å². The highest BCUT2D eigenvalue weighted by Crippen LogP contribution is 2.33. The molecule has 0 aliphatic carbocycles. The topological polar surface area (TPSA) is 73.9 Å². The highest BCUT2D eigenvalue weighted by atomic mass is 32.1. The molecular weight excluding hydrogens is 344 g/mol. The summed E-state index contributed by atoms with van der Waals surface area (Å²) in [5.74, 6) is 0.813. The van der Waals surface area contributed by atoms with Crippen LogP contribution in [0.4, 0.5) is 0 Å². The fraction of sp³-hybridized carbons (Fsp3) is 0.150. The molecule has 2 heterocycles. The third-order valence-electron chi connectivity index (χ3n) is 4.30. The minimum atomic E-state index is -0.202. The molecule has 4 aromatic rings. The summed E-state index contributed by atoms with van der Waals surface area (Å²) >= 11 is 1.40. The lowest BCUT2D eigenvalue weighted by molar-refractivity contribution is 0.415. The number of hydrogen-bond donors (Lipinski definition) is 1. The van der Waals surface area contributed by atoms with Gasteiger partial charge in [-0.05, 0) is 47.8 Å². The van der Waals surface area contributed by atoms with E-state index in [1.165, 1.54) is 17.1 Å². The van der Waals surface area contributed by atoms with Gasteiger partial charge < -0.3 is 10.5 Å². The van der Waals surface area contributed by atoms with E-state index >= 15 is 0 Å². The maximum absolute atomic E-state index is 6.45. The molecule has 6 heteroatoms. The number of benzene rings is 2. The van der Waals surface area contributed by atoms with Crippen LogP contribution >= 0.6 is 11.5 Å². The van der Waals surface area contributed by atoms with Crippen molar-refractivity contribution in [1.82, 2.24) is 14.3 Å². The lowest BCUT2D eigenvalue weighted by Crippen LogP contribution is -2.15. The predicted molar refractivity (Wildman–Crippen MR) is 104 cm³/mol. The smallest absolute Gasteiger partial charge is 0.118 e. The average molecular weight is 362 g/mol. The summed E-state index contributed by atoms with van der Waals surface area (Å²) in [4.78, 5) is 8.91. The zero-order valence-corrected chi connectivity index (χ0v) is 15.1. The lowest BCUT2D eigenvalue weighted by Gasteiger charge is -2.11. The van der Waals surface area contributed by atoms with Crippen molar-refractivity contribution in [2.75, 3.05) is 7.11 Å². The molecular formula is C20H18N4OS. The Balaban J connectivity index is 1.70. The molecule has 5 nitrogen and oxygen atoms in total. The molecule has 0 saturated carbocycles. The Hall–Kier alpha value is -2.83. The first-order valence-corrected chi connectivity index (χ1v) is 9.08. The maximum atomic E-state index is 6.45. The predicted octanol–water partition coefficient (Wildman–Crippen LogP) is 4.00. The first-order valence-electron chi connectivity index (χ1n) is 8.30. The van der Waals surface area contributed by atoms with Crippen LogP contribution in [0.15, 0.2) is 60.9 Å². The molecule has 0 spiro atoms. The number of aromatic nitrogens is 3. The quantitative estimate of drug-likeness (QED) is 0.581. The summed E-state index contributed by atoms with van der Waals surface area (Å²) in [5.41, 5.74) is 11.2. The van der Waals surface area contributed by atoms with Crippen LogP contribution in [0.2, 0.25) is 0 Å². The molecule has 0 fully saturated rings. The second kappa shape index (κ2) is 7.19. The van der Waals surface area contributed by atoms with E-state index in [9.17, 15) is 0 Å². The Morgan fingerprint density at radius 3 is 2.54 bits per heavy atom. The number of ether oxygens (including phenoxy) is 1. The molecule has 2 aromatic carbocycles. The number of nitrogens with zero attached hydrogens (tertiary/aromatic N) is 3. The standard InChI is InChI=1S/C20H18N4OS/c1-25-15-9-7-14(8-10-15)17-19-20(26-24-17)18(22-12-23-19)16(21)11-13-5-3-2-4-6-13/h2-10,12,16H,11,21H2,1H3. The zero-order valence-electron chi connectivity index (χ0n) is 14.3. The van der Waals surface area contributed by atoms with Gasteiger partial charge in [-0.25, -0.2) is 9.97 Å². The molecule has 4 rings (SSSR count). The SMILES string of the molecule is COc1ccc(-c2nsc3c(C(N)Cc4ccccc4)ncnc23)cc1. The minimum Gasteiger partial charge on any atom is -0.497 e. The number of rotatable bonds is 5. The Labute approximate surface area is 155 Å². The molecule has 26 heavy (non-hydrogen) atoms. The van der Waals surface area contributed by atoms with Crippen LogP contribution in [-0.2, 0) is 6.42 Å². The van der Waals surface area contributed by atoms with Gasteiger partial charge in [-0.1, -0.05) is 30.3 Å². The monoisotopic (exact) mass is 362 g/mol. The van der Waals surface area contributed by atoms with Crippen LogP contribution in [0.3, 0.4) is 0 Å². The Kier molecular flexibility index (Phi) is 4.60. The molecule has 0 saturated heterocycles. The second-order valence-corrected chi connectivity index (χ2v) is 6.77. The highest BCUT2D eigenvalue weighted by molar-refractivity contribution is 7.13. The molecule has 0 aliphatic rings. The Morgan fingerprint density at radius 2 is 1.81 bits per heavy atom. The number of methoxy groups -OCH3 is 1. The van der Waals surface area contributed by atoms with Crippen LogP contribution < -0.4 is 10.5 Å².